The molecule has 3 aromatic rings. The van der Waals surface area contributed by atoms with Crippen LogP contribution in [0.1, 0.15) is 53.0 Å². The molecule has 1 unspecified atom stereocenters. The van der Waals surface area contributed by atoms with Gasteiger partial charge in [0.05, 0.1) is 22.9 Å². The van der Waals surface area contributed by atoms with Crippen molar-refractivity contribution in [3.8, 4) is 5.75 Å². The smallest absolute Gasteiger partial charge is 0.341 e. The number of amides is 1. The summed E-state index contributed by atoms with van der Waals surface area (Å²) in [4.78, 5) is 26.5. The molecule has 8 nitrogen and oxygen atoms in total. The zero-order chi connectivity index (χ0) is 26.5. The summed E-state index contributed by atoms with van der Waals surface area (Å²) in [7, 11) is 0. The van der Waals surface area contributed by atoms with E-state index in [1.54, 1.807) is 24.5 Å². The highest BCUT2D eigenvalue weighted by atomic mass is 35.5. The van der Waals surface area contributed by atoms with E-state index in [1.165, 1.54) is 41.3 Å². The number of halogens is 2. The third-order valence-electron chi connectivity index (χ3n) is 5.60. The minimum atomic E-state index is -0.556. The number of thioether (sulfide) groups is 1. The number of benzene rings is 1. The quantitative estimate of drug-likeness (QED) is 0.177. The molecule has 1 N–H and O–H groups in total. The van der Waals surface area contributed by atoms with Gasteiger partial charge in [-0.15, -0.1) is 28.1 Å². The van der Waals surface area contributed by atoms with Crippen molar-refractivity contribution in [2.45, 2.75) is 50.9 Å². The van der Waals surface area contributed by atoms with Crippen LogP contribution in [0.5, 0.6) is 5.75 Å². The first-order valence-electron chi connectivity index (χ1n) is 11.7. The van der Waals surface area contributed by atoms with Gasteiger partial charge >= 0.3 is 5.97 Å². The molecule has 0 fully saturated rings. The first kappa shape index (κ1) is 27.2. The van der Waals surface area contributed by atoms with Crippen LogP contribution >= 0.6 is 34.7 Å². The molecule has 4 rings (SSSR count). The number of carbonyl (C=O) groups is 2. The van der Waals surface area contributed by atoms with Crippen molar-refractivity contribution in [3.05, 3.63) is 63.5 Å². The molecule has 196 valence electrons. The second kappa shape index (κ2) is 12.1. The summed E-state index contributed by atoms with van der Waals surface area (Å²) in [6.07, 6.45) is 3.83. The number of aromatic nitrogens is 3. The van der Waals surface area contributed by atoms with Crippen molar-refractivity contribution in [3.63, 3.8) is 0 Å². The van der Waals surface area contributed by atoms with Crippen molar-refractivity contribution >= 4 is 51.6 Å². The monoisotopic (exact) mass is 564 g/mol. The van der Waals surface area contributed by atoms with Crippen LogP contribution in [0.2, 0.25) is 5.02 Å². The summed E-state index contributed by atoms with van der Waals surface area (Å²) < 4.78 is 26.3. The molecule has 37 heavy (non-hydrogen) atoms. The third kappa shape index (κ3) is 6.16. The van der Waals surface area contributed by atoms with Crippen LogP contribution < -0.4 is 10.1 Å². The molecule has 0 saturated heterocycles. The third-order valence-corrected chi connectivity index (χ3v) is 8.07. The van der Waals surface area contributed by atoms with Crippen molar-refractivity contribution in [1.82, 2.24) is 14.8 Å². The Morgan fingerprint density at radius 3 is 2.92 bits per heavy atom. The van der Waals surface area contributed by atoms with E-state index in [1.807, 2.05) is 0 Å². The fraction of sp³-hybridized carbons (Fsp3) is 0.360. The molecular weight excluding hydrogens is 539 g/mol. The number of rotatable bonds is 11. The number of anilines is 1. The molecule has 0 saturated carbocycles. The molecule has 0 spiro atoms. The van der Waals surface area contributed by atoms with Crippen LogP contribution in [-0.4, -0.2) is 39.0 Å². The molecule has 2 aromatic heterocycles. The molecule has 2 heterocycles. The fourth-order valence-electron chi connectivity index (χ4n) is 4.03. The lowest BCUT2D eigenvalue weighted by molar-refractivity contribution is -0.113. The number of thiophene rings is 1. The summed E-state index contributed by atoms with van der Waals surface area (Å²) in [6.45, 7) is 7.98. The minimum Gasteiger partial charge on any atom is -0.481 e. The van der Waals surface area contributed by atoms with Crippen molar-refractivity contribution < 1.29 is 23.5 Å². The molecule has 1 atom stereocenters. The number of aryl methyl sites for hydroxylation is 1. The zero-order valence-electron chi connectivity index (χ0n) is 20.4. The van der Waals surface area contributed by atoms with E-state index in [4.69, 9.17) is 21.1 Å². The number of hydrogen-bond donors (Lipinski definition) is 1. The summed E-state index contributed by atoms with van der Waals surface area (Å²) in [5, 5.41) is 12.5. The van der Waals surface area contributed by atoms with Gasteiger partial charge in [-0.1, -0.05) is 29.4 Å². The molecule has 0 aliphatic heterocycles. The van der Waals surface area contributed by atoms with Crippen molar-refractivity contribution in [1.29, 1.82) is 0 Å². The summed E-state index contributed by atoms with van der Waals surface area (Å²) in [5.41, 5.74) is 1.46. The van der Waals surface area contributed by atoms with Crippen molar-refractivity contribution in [2.75, 3.05) is 17.7 Å². The van der Waals surface area contributed by atoms with E-state index in [0.717, 1.165) is 29.7 Å². The average molecular weight is 565 g/mol. The maximum absolute atomic E-state index is 13.4. The Morgan fingerprint density at radius 2 is 2.19 bits per heavy atom. The number of nitrogens with zero attached hydrogens (tertiary/aromatic N) is 3. The molecule has 12 heteroatoms. The average Bonchev–Trinajstić information content (AvgIpc) is 3.54. The van der Waals surface area contributed by atoms with Gasteiger partial charge in [0.25, 0.3) is 0 Å². The number of ether oxygens (including phenoxy) is 2. The predicted octanol–water partition coefficient (Wildman–Crippen LogP) is 5.85. The van der Waals surface area contributed by atoms with Gasteiger partial charge in [0.15, 0.2) is 17.1 Å². The van der Waals surface area contributed by atoms with Gasteiger partial charge in [0, 0.05) is 11.4 Å². The van der Waals surface area contributed by atoms with Gasteiger partial charge in [-0.05, 0) is 56.9 Å². The van der Waals surface area contributed by atoms with Gasteiger partial charge in [0.1, 0.15) is 16.6 Å². The van der Waals surface area contributed by atoms with Gasteiger partial charge in [-0.25, -0.2) is 9.18 Å². The molecular formula is C25H26ClFN4O4S2. The Kier molecular flexibility index (Phi) is 8.88. The highest BCUT2D eigenvalue weighted by molar-refractivity contribution is 7.99. The second-order valence-corrected chi connectivity index (χ2v) is 10.6. The van der Waals surface area contributed by atoms with Crippen LogP contribution in [-0.2, 0) is 28.9 Å². The standard InChI is InChI=1S/C25H26ClFN4O4S2/c1-4-11-31-22(14(3)35-18-10-9-15(27)12-17(18)26)29-30-25(31)36-13-20(32)28-23-21(24(33)34-5-2)16-7-6-8-19(16)37-23/h4,9-10,12,14H,1,5-8,11,13H2,2-3H3,(H,28,32). The maximum Gasteiger partial charge on any atom is 0.341 e. The van der Waals surface area contributed by atoms with Crippen LogP contribution in [0.4, 0.5) is 9.39 Å². The summed E-state index contributed by atoms with van der Waals surface area (Å²) in [5.74, 6) is -0.263. The Hall–Kier alpha value is -2.89. The summed E-state index contributed by atoms with van der Waals surface area (Å²) in [6, 6.07) is 3.89. The Bertz CT molecular complexity index is 1330. The molecule has 0 bridgehead atoms. The van der Waals surface area contributed by atoms with E-state index in [-0.39, 0.29) is 23.3 Å². The van der Waals surface area contributed by atoms with E-state index in [2.05, 4.69) is 22.1 Å². The van der Waals surface area contributed by atoms with E-state index < -0.39 is 17.9 Å². The van der Waals surface area contributed by atoms with Gasteiger partial charge in [-0.2, -0.15) is 0 Å². The normalized spacial score (nSPS) is 13.2. The van der Waals surface area contributed by atoms with Gasteiger partial charge in [0.2, 0.25) is 5.91 Å². The van der Waals surface area contributed by atoms with E-state index >= 15 is 0 Å². The minimum absolute atomic E-state index is 0.0547. The first-order valence-corrected chi connectivity index (χ1v) is 13.9. The lowest BCUT2D eigenvalue weighted by Crippen LogP contribution is -2.17. The topological polar surface area (TPSA) is 95.3 Å². The SMILES string of the molecule is C=CCn1c(SCC(=O)Nc2sc3c(c2C(=O)OCC)CCC3)nnc1C(C)Oc1ccc(F)cc1Cl. The van der Waals surface area contributed by atoms with Crippen LogP contribution in [0.25, 0.3) is 0 Å². The highest BCUT2D eigenvalue weighted by Crippen LogP contribution is 2.39. The molecule has 1 aliphatic rings. The molecule has 1 amide bonds. The first-order chi connectivity index (χ1) is 17.8. The lowest BCUT2D eigenvalue weighted by Gasteiger charge is -2.16. The van der Waals surface area contributed by atoms with Gasteiger partial charge in [-0.3, -0.25) is 9.36 Å². The Balaban J connectivity index is 1.45. The zero-order valence-corrected chi connectivity index (χ0v) is 22.8. The van der Waals surface area contributed by atoms with Crippen LogP contribution in [0.3, 0.4) is 0 Å². The second-order valence-electron chi connectivity index (χ2n) is 8.19. The molecule has 1 aliphatic carbocycles. The number of hydrogen-bond acceptors (Lipinski definition) is 8. The molecule has 1 aromatic carbocycles. The van der Waals surface area contributed by atoms with E-state index in [0.29, 0.717) is 33.8 Å². The van der Waals surface area contributed by atoms with Crippen molar-refractivity contribution in [2.24, 2.45) is 0 Å². The number of nitrogens with one attached hydrogen (secondary N) is 1. The number of allylic oxidation sites excluding steroid dienone is 1. The molecule has 0 radical (unpaired) electrons. The van der Waals surface area contributed by atoms with Crippen LogP contribution in [0, 0.1) is 5.82 Å². The van der Waals surface area contributed by atoms with E-state index in [9.17, 15) is 14.0 Å². The van der Waals surface area contributed by atoms with Gasteiger partial charge < -0.3 is 14.8 Å². The Labute approximate surface area is 227 Å². The lowest BCUT2D eigenvalue weighted by atomic mass is 10.1. The maximum atomic E-state index is 13.4. The number of carbonyl (C=O) groups excluding carboxylic acids is 2. The predicted molar refractivity (Wildman–Crippen MR) is 142 cm³/mol. The van der Waals surface area contributed by atoms with Crippen LogP contribution in [0.15, 0.2) is 36.0 Å². The number of esters is 1. The Morgan fingerprint density at radius 1 is 1.38 bits per heavy atom. The largest absolute Gasteiger partial charge is 0.481 e. The summed E-state index contributed by atoms with van der Waals surface area (Å²) >= 11 is 8.73. The number of fused-ring (bicyclic) bond motifs is 1. The fourth-order valence-corrected chi connectivity index (χ4v) is 6.29. The highest BCUT2D eigenvalue weighted by Gasteiger charge is 2.28.